The summed E-state index contributed by atoms with van der Waals surface area (Å²) in [6.45, 7) is 2.86. The van der Waals surface area contributed by atoms with E-state index in [9.17, 15) is 24.2 Å². The van der Waals surface area contributed by atoms with Gasteiger partial charge in [-0.05, 0) is 49.3 Å². The highest BCUT2D eigenvalue weighted by atomic mass is 32.1. The van der Waals surface area contributed by atoms with Gasteiger partial charge in [-0.3, -0.25) is 9.69 Å². The van der Waals surface area contributed by atoms with Crippen molar-refractivity contribution < 1.29 is 28.5 Å². The number of rotatable bonds is 8. The zero-order chi connectivity index (χ0) is 31.3. The Morgan fingerprint density at radius 2 is 1.86 bits per heavy atom. The van der Waals surface area contributed by atoms with Gasteiger partial charge < -0.3 is 34.7 Å². The van der Waals surface area contributed by atoms with E-state index < -0.39 is 28.6 Å². The highest BCUT2D eigenvalue weighted by Gasteiger charge is 2.32. The molecule has 0 atom stereocenters. The number of hydrogen-bond acceptors (Lipinski definition) is 8. The fraction of sp³-hybridized carbons (Fsp3) is 0.345. The standard InChI is InChI=1S/C29H29F2N7O5S/c1-43-26-23-18(25(39)19(28(41)42)14-38(23)16-3-4-16)13-20(31)24(26)36-9-6-35(7-10-36)8-11-37-21-5-2-15(30)12-17(21)22(27(37)40)33-34-29(32)44/h2,5,12-14,16,40H,3-4,6-11H2,1H3,(H2,32,44)(H,41,42). The van der Waals surface area contributed by atoms with E-state index in [0.717, 1.165) is 18.9 Å². The van der Waals surface area contributed by atoms with Gasteiger partial charge in [0.15, 0.2) is 17.3 Å². The zero-order valence-corrected chi connectivity index (χ0v) is 24.5. The van der Waals surface area contributed by atoms with E-state index in [1.54, 1.807) is 15.2 Å². The maximum absolute atomic E-state index is 15.7. The predicted octanol–water partition coefficient (Wildman–Crippen LogP) is 4.13. The molecule has 6 rings (SSSR count). The van der Waals surface area contributed by atoms with Crippen molar-refractivity contribution in [2.45, 2.75) is 25.4 Å². The van der Waals surface area contributed by atoms with Crippen LogP contribution in [0.15, 0.2) is 45.5 Å². The fourth-order valence-corrected chi connectivity index (χ4v) is 5.92. The van der Waals surface area contributed by atoms with Crippen LogP contribution in [0, 0.1) is 11.6 Å². The largest absolute Gasteiger partial charge is 0.493 e. The molecule has 44 heavy (non-hydrogen) atoms. The second-order valence-electron chi connectivity index (χ2n) is 10.8. The lowest BCUT2D eigenvalue weighted by atomic mass is 10.1. The fourth-order valence-electron chi connectivity index (χ4n) is 5.88. The summed E-state index contributed by atoms with van der Waals surface area (Å²) in [6.07, 6.45) is 2.97. The van der Waals surface area contributed by atoms with E-state index in [0.29, 0.717) is 55.7 Å². The summed E-state index contributed by atoms with van der Waals surface area (Å²) < 4.78 is 38.8. The predicted molar refractivity (Wildman–Crippen MR) is 163 cm³/mol. The molecule has 4 aromatic rings. The summed E-state index contributed by atoms with van der Waals surface area (Å²) in [7, 11) is 1.41. The maximum Gasteiger partial charge on any atom is 0.341 e. The molecule has 2 aromatic carbocycles. The summed E-state index contributed by atoms with van der Waals surface area (Å²) in [5.41, 5.74) is 5.49. The molecule has 2 aromatic heterocycles. The molecule has 1 aliphatic heterocycles. The highest BCUT2D eigenvalue weighted by Crippen LogP contribution is 2.44. The van der Waals surface area contributed by atoms with Gasteiger partial charge >= 0.3 is 5.97 Å². The van der Waals surface area contributed by atoms with Crippen molar-refractivity contribution in [3.8, 4) is 11.6 Å². The number of aromatic hydroxyl groups is 1. The van der Waals surface area contributed by atoms with E-state index in [4.69, 9.17) is 22.7 Å². The summed E-state index contributed by atoms with van der Waals surface area (Å²) >= 11 is 4.74. The van der Waals surface area contributed by atoms with Crippen molar-refractivity contribution in [2.75, 3.05) is 44.7 Å². The first-order valence-corrected chi connectivity index (χ1v) is 14.4. The molecule has 0 radical (unpaired) electrons. The monoisotopic (exact) mass is 625 g/mol. The number of pyridine rings is 1. The first-order valence-electron chi connectivity index (χ1n) is 14.0. The lowest BCUT2D eigenvalue weighted by Gasteiger charge is -2.37. The number of methoxy groups -OCH3 is 1. The summed E-state index contributed by atoms with van der Waals surface area (Å²) in [5, 5.41) is 28.2. The number of carbonyl (C=O) groups is 1. The number of ether oxygens (including phenoxy) is 1. The van der Waals surface area contributed by atoms with Crippen LogP contribution >= 0.6 is 12.2 Å². The molecule has 230 valence electrons. The van der Waals surface area contributed by atoms with Gasteiger partial charge in [-0.2, -0.15) is 0 Å². The van der Waals surface area contributed by atoms with Gasteiger partial charge in [0, 0.05) is 56.9 Å². The number of piperazine rings is 1. The number of fused-ring (bicyclic) bond motifs is 2. The van der Waals surface area contributed by atoms with Gasteiger partial charge in [0.05, 0.1) is 23.5 Å². The van der Waals surface area contributed by atoms with Crippen molar-refractivity contribution in [1.29, 1.82) is 0 Å². The second kappa shape index (κ2) is 11.5. The number of nitrogens with zero attached hydrogens (tertiary/aromatic N) is 6. The van der Waals surface area contributed by atoms with E-state index in [1.807, 2.05) is 4.90 Å². The van der Waals surface area contributed by atoms with E-state index in [-0.39, 0.29) is 39.5 Å². The first-order chi connectivity index (χ1) is 21.1. The number of carboxylic acid groups (broad SMARTS) is 1. The highest BCUT2D eigenvalue weighted by molar-refractivity contribution is 7.80. The Balaban J connectivity index is 1.25. The Bertz CT molecular complexity index is 1910. The average molecular weight is 626 g/mol. The van der Waals surface area contributed by atoms with Crippen LogP contribution in [0.25, 0.3) is 21.8 Å². The first kappa shape index (κ1) is 29.4. The summed E-state index contributed by atoms with van der Waals surface area (Å²) in [4.78, 5) is 28.7. The van der Waals surface area contributed by atoms with Crippen molar-refractivity contribution in [1.82, 2.24) is 14.0 Å². The molecule has 2 aliphatic rings. The van der Waals surface area contributed by atoms with E-state index >= 15 is 4.39 Å². The lowest BCUT2D eigenvalue weighted by Crippen LogP contribution is -2.47. The quantitative estimate of drug-likeness (QED) is 0.194. The van der Waals surface area contributed by atoms with Gasteiger partial charge in [0.1, 0.15) is 17.1 Å². The lowest BCUT2D eigenvalue weighted by molar-refractivity contribution is 0.0694. The van der Waals surface area contributed by atoms with Gasteiger partial charge in [-0.15, -0.1) is 10.2 Å². The maximum atomic E-state index is 15.7. The molecular weight excluding hydrogens is 596 g/mol. The van der Waals surface area contributed by atoms with Crippen molar-refractivity contribution >= 4 is 56.5 Å². The van der Waals surface area contributed by atoms with Crippen LogP contribution in [0.3, 0.4) is 0 Å². The van der Waals surface area contributed by atoms with Crippen molar-refractivity contribution in [2.24, 2.45) is 16.0 Å². The van der Waals surface area contributed by atoms with Gasteiger partial charge in [0.25, 0.3) is 0 Å². The molecule has 15 heteroatoms. The van der Waals surface area contributed by atoms with Crippen LogP contribution in [0.1, 0.15) is 29.2 Å². The summed E-state index contributed by atoms with van der Waals surface area (Å²) in [5.74, 6) is -2.52. The number of carboxylic acids is 1. The number of benzene rings is 2. The van der Waals surface area contributed by atoms with Crippen LogP contribution < -0.4 is 20.8 Å². The number of anilines is 1. The van der Waals surface area contributed by atoms with Gasteiger partial charge in [0.2, 0.25) is 16.4 Å². The number of hydrogen-bond donors (Lipinski definition) is 3. The van der Waals surface area contributed by atoms with Crippen LogP contribution in [0.4, 0.5) is 20.2 Å². The van der Waals surface area contributed by atoms with Gasteiger partial charge in [-0.25, -0.2) is 13.6 Å². The molecule has 12 nitrogen and oxygen atoms in total. The number of aromatic carboxylic acids is 1. The molecule has 4 N–H and O–H groups in total. The van der Waals surface area contributed by atoms with Crippen molar-refractivity contribution in [3.63, 3.8) is 0 Å². The zero-order valence-electron chi connectivity index (χ0n) is 23.7. The van der Waals surface area contributed by atoms with E-state index in [2.05, 4.69) is 15.1 Å². The Hall–Kier alpha value is -4.63. The molecule has 3 heterocycles. The minimum Gasteiger partial charge on any atom is -0.493 e. The average Bonchev–Trinajstić information content (AvgIpc) is 3.80. The third-order valence-electron chi connectivity index (χ3n) is 8.12. The van der Waals surface area contributed by atoms with Gasteiger partial charge in [-0.1, -0.05) is 0 Å². The number of halogens is 2. The molecule has 1 saturated heterocycles. The molecular formula is C29H29F2N7O5S. The molecule has 0 bridgehead atoms. The van der Waals surface area contributed by atoms with Crippen molar-refractivity contribution in [3.05, 3.63) is 57.9 Å². The van der Waals surface area contributed by atoms with Crippen LogP contribution in [-0.2, 0) is 6.54 Å². The number of thiocarbonyl (C=S) groups is 1. The number of azo groups is 1. The normalized spacial score (nSPS) is 15.9. The van der Waals surface area contributed by atoms with Crippen LogP contribution in [-0.4, -0.2) is 75.2 Å². The molecule has 1 saturated carbocycles. The van der Waals surface area contributed by atoms with Crippen LogP contribution in [0.5, 0.6) is 11.6 Å². The minimum absolute atomic E-state index is 0.00632. The molecule has 0 amide bonds. The molecule has 0 unspecified atom stereocenters. The Kier molecular flexibility index (Phi) is 7.67. The molecule has 2 fully saturated rings. The van der Waals surface area contributed by atoms with E-state index in [1.165, 1.54) is 25.4 Å². The Morgan fingerprint density at radius 3 is 2.50 bits per heavy atom. The summed E-state index contributed by atoms with van der Waals surface area (Å²) in [6, 6.07) is 5.23. The molecule has 1 aliphatic carbocycles. The SMILES string of the molecule is COc1c(N2CCN(CCn3c(O)c(N=NC(N)=S)c4cc(F)ccc43)CC2)c(F)cc2c(=O)c(C(=O)O)cn(C3CC3)c12. The number of aromatic nitrogens is 2. The topological polar surface area (TPSA) is 151 Å². The third kappa shape index (κ3) is 5.21. The molecule has 0 spiro atoms. The Morgan fingerprint density at radius 1 is 1.14 bits per heavy atom. The minimum atomic E-state index is -1.36. The smallest absolute Gasteiger partial charge is 0.341 e. The Labute approximate surface area is 254 Å². The third-order valence-corrected chi connectivity index (χ3v) is 8.20. The second-order valence-corrected chi connectivity index (χ2v) is 11.2. The number of nitrogens with two attached hydrogens (primary N) is 1. The van der Waals surface area contributed by atoms with Crippen LogP contribution in [0.2, 0.25) is 0 Å².